The lowest BCUT2D eigenvalue weighted by Crippen LogP contribution is -2.36. The molecule has 0 radical (unpaired) electrons. The second-order valence-electron chi connectivity index (χ2n) is 5.82. The smallest absolute Gasteiger partial charge is 0.220 e. The van der Waals surface area contributed by atoms with Gasteiger partial charge in [-0.15, -0.1) is 0 Å². The van der Waals surface area contributed by atoms with Crippen LogP contribution >= 0.6 is 0 Å². The molecule has 0 aromatic carbocycles. The van der Waals surface area contributed by atoms with E-state index in [9.17, 15) is 4.79 Å². The lowest BCUT2D eigenvalue weighted by atomic mass is 9.84. The molecule has 1 aliphatic carbocycles. The fourth-order valence-corrected chi connectivity index (χ4v) is 3.23. The Kier molecular flexibility index (Phi) is 4.84. The molecule has 1 heterocycles. The van der Waals surface area contributed by atoms with E-state index in [1.54, 1.807) is 0 Å². The maximum Gasteiger partial charge on any atom is 0.220 e. The van der Waals surface area contributed by atoms with Crippen molar-refractivity contribution < 1.29 is 4.79 Å². The molecule has 1 saturated carbocycles. The summed E-state index contributed by atoms with van der Waals surface area (Å²) >= 11 is 0. The molecular formula is C14H26N2O. The number of hydrogen-bond acceptors (Lipinski definition) is 2. The minimum absolute atomic E-state index is 0.280. The highest BCUT2D eigenvalue weighted by atomic mass is 16.1. The number of amides is 1. The van der Waals surface area contributed by atoms with Crippen molar-refractivity contribution in [3.8, 4) is 0 Å². The van der Waals surface area contributed by atoms with Gasteiger partial charge in [-0.3, -0.25) is 4.79 Å². The number of carbonyl (C=O) groups excluding carboxylic acids is 1. The zero-order valence-electron chi connectivity index (χ0n) is 11.0. The van der Waals surface area contributed by atoms with E-state index < -0.39 is 0 Å². The van der Waals surface area contributed by atoms with Crippen LogP contribution in [-0.2, 0) is 4.79 Å². The van der Waals surface area contributed by atoms with Gasteiger partial charge in [0, 0.05) is 12.5 Å². The van der Waals surface area contributed by atoms with E-state index in [1.807, 2.05) is 0 Å². The molecule has 0 aromatic heterocycles. The Morgan fingerprint density at radius 1 is 1.24 bits per heavy atom. The van der Waals surface area contributed by atoms with Crippen molar-refractivity contribution >= 4 is 5.91 Å². The van der Waals surface area contributed by atoms with E-state index in [-0.39, 0.29) is 5.91 Å². The normalized spacial score (nSPS) is 24.8. The van der Waals surface area contributed by atoms with Crippen LogP contribution < -0.4 is 10.6 Å². The molecule has 1 saturated heterocycles. The van der Waals surface area contributed by atoms with Gasteiger partial charge in [0.2, 0.25) is 5.91 Å². The molecule has 17 heavy (non-hydrogen) atoms. The zero-order chi connectivity index (χ0) is 12.1. The fraction of sp³-hybridized carbons (Fsp3) is 0.929. The molecule has 2 rings (SSSR count). The Morgan fingerprint density at radius 3 is 2.53 bits per heavy atom. The first-order valence-electron chi connectivity index (χ1n) is 7.26. The Morgan fingerprint density at radius 2 is 1.88 bits per heavy atom. The van der Waals surface area contributed by atoms with Crippen molar-refractivity contribution in [2.24, 2.45) is 11.8 Å². The quantitative estimate of drug-likeness (QED) is 0.787. The Bertz CT molecular complexity index is 243. The average Bonchev–Trinajstić information content (AvgIpc) is 2.82. The van der Waals surface area contributed by atoms with Gasteiger partial charge in [-0.25, -0.2) is 0 Å². The predicted octanol–water partition coefficient (Wildman–Crippen LogP) is 2.07. The van der Waals surface area contributed by atoms with Crippen LogP contribution in [0.1, 0.15) is 51.9 Å². The monoisotopic (exact) mass is 238 g/mol. The second-order valence-corrected chi connectivity index (χ2v) is 5.82. The van der Waals surface area contributed by atoms with E-state index in [4.69, 9.17) is 0 Å². The van der Waals surface area contributed by atoms with Crippen LogP contribution in [0.15, 0.2) is 0 Å². The number of carbonyl (C=O) groups is 1. The maximum atomic E-state index is 11.9. The summed E-state index contributed by atoms with van der Waals surface area (Å²) in [5.74, 6) is 1.56. The van der Waals surface area contributed by atoms with Gasteiger partial charge in [-0.1, -0.05) is 19.8 Å². The summed E-state index contributed by atoms with van der Waals surface area (Å²) < 4.78 is 0. The van der Waals surface area contributed by atoms with Gasteiger partial charge >= 0.3 is 0 Å². The van der Waals surface area contributed by atoms with Gasteiger partial charge in [0.05, 0.1) is 0 Å². The van der Waals surface area contributed by atoms with E-state index in [0.717, 1.165) is 25.4 Å². The molecule has 0 spiro atoms. The summed E-state index contributed by atoms with van der Waals surface area (Å²) in [7, 11) is 0. The van der Waals surface area contributed by atoms with Crippen LogP contribution in [-0.4, -0.2) is 25.0 Å². The second kappa shape index (κ2) is 6.39. The predicted molar refractivity (Wildman–Crippen MR) is 69.8 cm³/mol. The molecule has 1 atom stereocenters. The van der Waals surface area contributed by atoms with Crippen LogP contribution in [0.2, 0.25) is 0 Å². The van der Waals surface area contributed by atoms with Crippen molar-refractivity contribution in [3.05, 3.63) is 0 Å². The van der Waals surface area contributed by atoms with Gasteiger partial charge in [0.1, 0.15) is 0 Å². The molecule has 3 nitrogen and oxygen atoms in total. The highest BCUT2D eigenvalue weighted by Gasteiger charge is 2.23. The summed E-state index contributed by atoms with van der Waals surface area (Å²) in [6, 6.07) is 0.475. The maximum absolute atomic E-state index is 11.9. The van der Waals surface area contributed by atoms with Gasteiger partial charge in [-0.05, 0) is 50.6 Å². The highest BCUT2D eigenvalue weighted by Crippen LogP contribution is 2.24. The van der Waals surface area contributed by atoms with E-state index in [1.165, 1.54) is 38.5 Å². The van der Waals surface area contributed by atoms with Crippen LogP contribution in [0.4, 0.5) is 0 Å². The van der Waals surface area contributed by atoms with E-state index >= 15 is 0 Å². The molecule has 1 unspecified atom stereocenters. The minimum Gasteiger partial charge on any atom is -0.353 e. The number of piperidine rings is 1. The number of hydrogen-bond donors (Lipinski definition) is 2. The molecule has 3 heteroatoms. The minimum atomic E-state index is 0.280. The molecular weight excluding hydrogens is 212 g/mol. The van der Waals surface area contributed by atoms with Crippen molar-refractivity contribution in [1.82, 2.24) is 10.6 Å². The van der Waals surface area contributed by atoms with Crippen molar-refractivity contribution in [1.29, 1.82) is 0 Å². The van der Waals surface area contributed by atoms with Crippen molar-refractivity contribution in [2.75, 3.05) is 13.1 Å². The lowest BCUT2D eigenvalue weighted by Gasteiger charge is -2.28. The van der Waals surface area contributed by atoms with Gasteiger partial charge < -0.3 is 10.6 Å². The third kappa shape index (κ3) is 3.98. The first kappa shape index (κ1) is 12.9. The summed E-state index contributed by atoms with van der Waals surface area (Å²) in [5, 5.41) is 6.58. The summed E-state index contributed by atoms with van der Waals surface area (Å²) in [5.41, 5.74) is 0. The van der Waals surface area contributed by atoms with Crippen molar-refractivity contribution in [2.45, 2.75) is 57.9 Å². The molecule has 2 aliphatic rings. The summed E-state index contributed by atoms with van der Waals surface area (Å²) in [6.45, 7) is 4.49. The molecule has 98 valence electrons. The molecule has 2 N–H and O–H groups in total. The molecule has 1 amide bonds. The highest BCUT2D eigenvalue weighted by molar-refractivity contribution is 5.76. The van der Waals surface area contributed by atoms with Crippen LogP contribution in [0.3, 0.4) is 0 Å². The molecule has 1 aliphatic heterocycles. The standard InChI is InChI=1S/C14H26N2O/c1-11(12-6-8-15-9-7-12)10-14(17)16-13-4-2-3-5-13/h11-13,15H,2-10H2,1H3,(H,16,17). The zero-order valence-corrected chi connectivity index (χ0v) is 11.0. The van der Waals surface area contributed by atoms with Gasteiger partial charge in [0.25, 0.3) is 0 Å². The lowest BCUT2D eigenvalue weighted by molar-refractivity contribution is -0.123. The molecule has 0 aromatic rings. The largest absolute Gasteiger partial charge is 0.353 e. The van der Waals surface area contributed by atoms with Crippen LogP contribution in [0, 0.1) is 11.8 Å². The summed E-state index contributed by atoms with van der Waals surface area (Å²) in [4.78, 5) is 11.9. The van der Waals surface area contributed by atoms with Gasteiger partial charge in [-0.2, -0.15) is 0 Å². The Labute approximate surface area is 105 Å². The van der Waals surface area contributed by atoms with E-state index in [2.05, 4.69) is 17.6 Å². The Hall–Kier alpha value is -0.570. The molecule has 2 fully saturated rings. The van der Waals surface area contributed by atoms with Crippen molar-refractivity contribution in [3.63, 3.8) is 0 Å². The first-order chi connectivity index (χ1) is 8.25. The Balaban J connectivity index is 1.69. The SMILES string of the molecule is CC(CC(=O)NC1CCCC1)C1CCNCC1. The topological polar surface area (TPSA) is 41.1 Å². The van der Waals surface area contributed by atoms with Crippen LogP contribution in [0.5, 0.6) is 0 Å². The number of rotatable bonds is 4. The number of nitrogens with one attached hydrogen (secondary N) is 2. The van der Waals surface area contributed by atoms with Crippen LogP contribution in [0.25, 0.3) is 0 Å². The molecule has 0 bridgehead atoms. The van der Waals surface area contributed by atoms with E-state index in [0.29, 0.717) is 12.0 Å². The van der Waals surface area contributed by atoms with Gasteiger partial charge in [0.15, 0.2) is 0 Å². The fourth-order valence-electron chi connectivity index (χ4n) is 3.23. The third-order valence-electron chi connectivity index (χ3n) is 4.42. The third-order valence-corrected chi connectivity index (χ3v) is 4.42. The first-order valence-corrected chi connectivity index (χ1v) is 7.26. The summed E-state index contributed by atoms with van der Waals surface area (Å²) in [6.07, 6.45) is 8.14. The average molecular weight is 238 g/mol.